The number of hydrogen-bond acceptors (Lipinski definition) is 5. The van der Waals surface area contributed by atoms with E-state index in [1.807, 2.05) is 42.6 Å². The molecule has 2 heterocycles. The number of thioether (sulfide) groups is 1. The molecular formula is C22H23N3O3S. The molecule has 2 aliphatic rings. The van der Waals surface area contributed by atoms with Gasteiger partial charge in [0.15, 0.2) is 0 Å². The Morgan fingerprint density at radius 1 is 1.07 bits per heavy atom. The van der Waals surface area contributed by atoms with Crippen LogP contribution >= 0.6 is 11.8 Å². The molecule has 0 bridgehead atoms. The molecule has 7 heteroatoms. The Kier molecular flexibility index (Phi) is 5.94. The van der Waals surface area contributed by atoms with Crippen LogP contribution in [-0.2, 0) is 20.1 Å². The van der Waals surface area contributed by atoms with Gasteiger partial charge in [0.05, 0.1) is 11.8 Å². The highest BCUT2D eigenvalue weighted by Crippen LogP contribution is 2.37. The highest BCUT2D eigenvalue weighted by atomic mass is 32.2. The SMILES string of the molecule is O=C(CN1C(=O)[C@H]2CCCC[C@H]2C1=O)Nc1ccc(SCc2cccnc2)cc1. The summed E-state index contributed by atoms with van der Waals surface area (Å²) in [5, 5.41) is 2.79. The zero-order chi connectivity index (χ0) is 20.2. The molecule has 1 saturated heterocycles. The Labute approximate surface area is 174 Å². The number of anilines is 1. The minimum atomic E-state index is -0.346. The monoisotopic (exact) mass is 409 g/mol. The number of imide groups is 1. The molecule has 0 radical (unpaired) electrons. The Morgan fingerprint density at radius 3 is 2.38 bits per heavy atom. The third-order valence-corrected chi connectivity index (χ3v) is 6.58. The van der Waals surface area contributed by atoms with Crippen molar-refractivity contribution in [3.05, 3.63) is 54.4 Å². The summed E-state index contributed by atoms with van der Waals surface area (Å²) in [5.74, 6) is -0.336. The molecule has 2 fully saturated rings. The minimum absolute atomic E-state index is 0.183. The fourth-order valence-electron chi connectivity index (χ4n) is 4.02. The summed E-state index contributed by atoms with van der Waals surface area (Å²) in [6.45, 7) is -0.206. The average Bonchev–Trinajstić information content (AvgIpc) is 2.99. The van der Waals surface area contributed by atoms with Crippen LogP contribution in [0.1, 0.15) is 31.2 Å². The van der Waals surface area contributed by atoms with Gasteiger partial charge in [-0.05, 0) is 48.7 Å². The van der Waals surface area contributed by atoms with Crippen LogP contribution in [-0.4, -0.2) is 34.2 Å². The van der Waals surface area contributed by atoms with E-state index in [4.69, 9.17) is 0 Å². The van der Waals surface area contributed by atoms with Gasteiger partial charge in [-0.1, -0.05) is 18.9 Å². The maximum Gasteiger partial charge on any atom is 0.244 e. The smallest absolute Gasteiger partial charge is 0.244 e. The van der Waals surface area contributed by atoms with Crippen molar-refractivity contribution in [1.82, 2.24) is 9.88 Å². The molecule has 2 atom stereocenters. The van der Waals surface area contributed by atoms with Crippen molar-refractivity contribution in [2.75, 3.05) is 11.9 Å². The third kappa shape index (κ3) is 4.50. The van der Waals surface area contributed by atoms with Crippen molar-refractivity contribution in [1.29, 1.82) is 0 Å². The van der Waals surface area contributed by atoms with Gasteiger partial charge in [0.25, 0.3) is 0 Å². The van der Waals surface area contributed by atoms with Crippen LogP contribution in [0.5, 0.6) is 0 Å². The molecular weight excluding hydrogens is 386 g/mol. The normalized spacial score (nSPS) is 21.2. The van der Waals surface area contributed by atoms with Crippen molar-refractivity contribution in [2.45, 2.75) is 36.3 Å². The van der Waals surface area contributed by atoms with Crippen molar-refractivity contribution in [3.63, 3.8) is 0 Å². The summed E-state index contributed by atoms with van der Waals surface area (Å²) in [4.78, 5) is 43.7. The maximum atomic E-state index is 12.5. The van der Waals surface area contributed by atoms with Gasteiger partial charge in [-0.2, -0.15) is 0 Å². The third-order valence-electron chi connectivity index (χ3n) is 5.50. The summed E-state index contributed by atoms with van der Waals surface area (Å²) in [5.41, 5.74) is 1.80. The zero-order valence-corrected chi connectivity index (χ0v) is 16.9. The lowest BCUT2D eigenvalue weighted by atomic mass is 9.81. The van der Waals surface area contributed by atoms with Crippen molar-refractivity contribution in [3.8, 4) is 0 Å². The van der Waals surface area contributed by atoms with Gasteiger partial charge in [-0.3, -0.25) is 24.3 Å². The lowest BCUT2D eigenvalue weighted by Crippen LogP contribution is -2.38. The Bertz CT molecular complexity index is 877. The summed E-state index contributed by atoms with van der Waals surface area (Å²) in [7, 11) is 0. The molecule has 0 spiro atoms. The van der Waals surface area contributed by atoms with Gasteiger partial charge in [0, 0.05) is 28.7 Å². The number of amides is 3. The quantitative estimate of drug-likeness (QED) is 0.584. The van der Waals surface area contributed by atoms with E-state index >= 15 is 0 Å². The topological polar surface area (TPSA) is 79.4 Å². The number of pyridine rings is 1. The molecule has 150 valence electrons. The molecule has 29 heavy (non-hydrogen) atoms. The average molecular weight is 410 g/mol. The van der Waals surface area contributed by atoms with E-state index in [0.29, 0.717) is 5.69 Å². The summed E-state index contributed by atoms with van der Waals surface area (Å²) in [6, 6.07) is 11.5. The molecule has 1 saturated carbocycles. The number of benzene rings is 1. The van der Waals surface area contributed by atoms with Crippen LogP contribution in [0.3, 0.4) is 0 Å². The fourth-order valence-corrected chi connectivity index (χ4v) is 4.85. The van der Waals surface area contributed by atoms with Crippen LogP contribution in [0.4, 0.5) is 5.69 Å². The van der Waals surface area contributed by atoms with Gasteiger partial charge in [0.1, 0.15) is 6.54 Å². The first kappa shape index (κ1) is 19.6. The van der Waals surface area contributed by atoms with Gasteiger partial charge in [-0.25, -0.2) is 0 Å². The van der Waals surface area contributed by atoms with Crippen molar-refractivity contribution >= 4 is 35.2 Å². The fraction of sp³-hybridized carbons (Fsp3) is 0.364. The highest BCUT2D eigenvalue weighted by Gasteiger charge is 2.48. The van der Waals surface area contributed by atoms with Crippen LogP contribution < -0.4 is 5.32 Å². The molecule has 1 aliphatic carbocycles. The number of likely N-dealkylation sites (tertiary alicyclic amines) is 1. The molecule has 3 amide bonds. The molecule has 0 unspecified atom stereocenters. The van der Waals surface area contributed by atoms with Gasteiger partial charge in [0.2, 0.25) is 17.7 Å². The number of carbonyl (C=O) groups is 3. The van der Waals surface area contributed by atoms with E-state index in [1.165, 1.54) is 0 Å². The lowest BCUT2D eigenvalue weighted by molar-refractivity contribution is -0.142. The number of fused-ring (bicyclic) bond motifs is 1. The number of nitrogens with one attached hydrogen (secondary N) is 1. The summed E-state index contributed by atoms with van der Waals surface area (Å²) in [6.07, 6.45) is 7.06. The second-order valence-corrected chi connectivity index (χ2v) is 8.53. The van der Waals surface area contributed by atoms with Gasteiger partial charge < -0.3 is 5.32 Å². The van der Waals surface area contributed by atoms with E-state index in [1.54, 1.807) is 18.0 Å². The lowest BCUT2D eigenvalue weighted by Gasteiger charge is -2.19. The standard InChI is InChI=1S/C22H23N3O3S/c26-20(13-25-21(27)18-5-1-2-6-19(18)22(25)28)24-16-7-9-17(10-8-16)29-14-15-4-3-11-23-12-15/h3-4,7-12,18-19H,1-2,5-6,13-14H2,(H,24,26)/t18-,19+. The Morgan fingerprint density at radius 2 is 1.76 bits per heavy atom. The first-order valence-electron chi connectivity index (χ1n) is 9.88. The van der Waals surface area contributed by atoms with Crippen molar-refractivity contribution < 1.29 is 14.4 Å². The largest absolute Gasteiger partial charge is 0.325 e. The van der Waals surface area contributed by atoms with Crippen molar-refractivity contribution in [2.24, 2.45) is 11.8 Å². The molecule has 1 aromatic carbocycles. The maximum absolute atomic E-state index is 12.5. The molecule has 1 aliphatic heterocycles. The van der Waals surface area contributed by atoms with E-state index < -0.39 is 0 Å². The highest BCUT2D eigenvalue weighted by molar-refractivity contribution is 7.98. The van der Waals surface area contributed by atoms with Crippen LogP contribution in [0, 0.1) is 11.8 Å². The number of rotatable bonds is 6. The number of carbonyl (C=O) groups excluding carboxylic acids is 3. The van der Waals surface area contributed by atoms with Crippen LogP contribution in [0.25, 0.3) is 0 Å². The second kappa shape index (κ2) is 8.78. The predicted molar refractivity (Wildman–Crippen MR) is 111 cm³/mol. The molecule has 4 rings (SSSR count). The first-order chi connectivity index (χ1) is 14.1. The number of hydrogen-bond donors (Lipinski definition) is 1. The molecule has 6 nitrogen and oxygen atoms in total. The van der Waals surface area contributed by atoms with Crippen LogP contribution in [0.2, 0.25) is 0 Å². The number of aromatic nitrogens is 1. The van der Waals surface area contributed by atoms with E-state index in [0.717, 1.165) is 46.8 Å². The van der Waals surface area contributed by atoms with Gasteiger partial charge >= 0.3 is 0 Å². The number of nitrogens with zero attached hydrogens (tertiary/aromatic N) is 2. The predicted octanol–water partition coefficient (Wildman–Crippen LogP) is 3.49. The minimum Gasteiger partial charge on any atom is -0.325 e. The van der Waals surface area contributed by atoms with Crippen LogP contribution in [0.15, 0.2) is 53.7 Å². The van der Waals surface area contributed by atoms with E-state index in [2.05, 4.69) is 10.3 Å². The van der Waals surface area contributed by atoms with Gasteiger partial charge in [-0.15, -0.1) is 11.8 Å². The molecule has 1 aromatic heterocycles. The Balaban J connectivity index is 1.30. The summed E-state index contributed by atoms with van der Waals surface area (Å²) < 4.78 is 0. The molecule has 2 aromatic rings. The molecule has 1 N–H and O–H groups in total. The Hall–Kier alpha value is -2.67. The van der Waals surface area contributed by atoms with E-state index in [9.17, 15) is 14.4 Å². The summed E-state index contributed by atoms with van der Waals surface area (Å²) >= 11 is 1.69. The second-order valence-electron chi connectivity index (χ2n) is 7.48. The zero-order valence-electron chi connectivity index (χ0n) is 16.0. The first-order valence-corrected chi connectivity index (χ1v) is 10.9. The van der Waals surface area contributed by atoms with E-state index in [-0.39, 0.29) is 36.1 Å².